The van der Waals surface area contributed by atoms with Crippen LogP contribution < -0.4 is 5.32 Å². The first-order valence-electron chi connectivity index (χ1n) is 7.09. The maximum absolute atomic E-state index is 11.6. The molecule has 0 spiro atoms. The van der Waals surface area contributed by atoms with E-state index in [0.29, 0.717) is 18.5 Å². The van der Waals surface area contributed by atoms with Crippen molar-refractivity contribution in [3.8, 4) is 0 Å². The van der Waals surface area contributed by atoms with Crippen LogP contribution in [0.2, 0.25) is 0 Å². The number of nitrogens with zero attached hydrogens (tertiary/aromatic N) is 2. The van der Waals surface area contributed by atoms with Crippen LogP contribution in [0, 0.1) is 5.92 Å². The van der Waals surface area contributed by atoms with Gasteiger partial charge in [0.2, 0.25) is 5.91 Å². The number of ketones is 1. The molecule has 1 fully saturated rings. The SMILES string of the molecule is CC(=O)CC(=O)NCC(C(C)C)N1CCN(C)CC1. The van der Waals surface area contributed by atoms with Crippen molar-refractivity contribution >= 4 is 11.7 Å². The summed E-state index contributed by atoms with van der Waals surface area (Å²) in [5.74, 6) is 0.242. The van der Waals surface area contributed by atoms with E-state index < -0.39 is 0 Å². The third kappa shape index (κ3) is 5.70. The topological polar surface area (TPSA) is 52.7 Å². The molecule has 0 aromatic rings. The van der Waals surface area contributed by atoms with E-state index in [1.165, 1.54) is 6.92 Å². The molecule has 0 radical (unpaired) electrons. The highest BCUT2D eigenvalue weighted by Gasteiger charge is 2.25. The number of hydrogen-bond donors (Lipinski definition) is 1. The Morgan fingerprint density at radius 1 is 1.16 bits per heavy atom. The highest BCUT2D eigenvalue weighted by Crippen LogP contribution is 2.12. The minimum Gasteiger partial charge on any atom is -0.354 e. The molecule has 110 valence electrons. The molecule has 0 saturated carbocycles. The number of nitrogens with one attached hydrogen (secondary N) is 1. The molecule has 0 aromatic carbocycles. The van der Waals surface area contributed by atoms with E-state index in [0.717, 1.165) is 26.2 Å². The predicted octanol–water partition coefficient (Wildman–Crippen LogP) is 0.354. The molecule has 1 atom stereocenters. The smallest absolute Gasteiger partial charge is 0.227 e. The molecule has 5 nitrogen and oxygen atoms in total. The van der Waals surface area contributed by atoms with E-state index in [1.54, 1.807) is 0 Å². The van der Waals surface area contributed by atoms with E-state index in [9.17, 15) is 9.59 Å². The zero-order valence-corrected chi connectivity index (χ0v) is 12.6. The average molecular weight is 269 g/mol. The van der Waals surface area contributed by atoms with Gasteiger partial charge in [-0.05, 0) is 19.9 Å². The number of carbonyl (C=O) groups is 2. The van der Waals surface area contributed by atoms with E-state index in [4.69, 9.17) is 0 Å². The number of likely N-dealkylation sites (N-methyl/N-ethyl adjacent to an activating group) is 1. The first-order valence-corrected chi connectivity index (χ1v) is 7.09. The number of rotatable bonds is 6. The number of amides is 1. The van der Waals surface area contributed by atoms with Crippen molar-refractivity contribution in [3.63, 3.8) is 0 Å². The Labute approximate surface area is 116 Å². The molecule has 5 heteroatoms. The molecule has 1 N–H and O–H groups in total. The fourth-order valence-electron chi connectivity index (χ4n) is 2.45. The number of Topliss-reactive ketones (excluding diaryl/α,β-unsaturated/α-hetero) is 1. The molecule has 0 bridgehead atoms. The quantitative estimate of drug-likeness (QED) is 0.707. The third-order valence-electron chi connectivity index (χ3n) is 3.69. The molecule has 1 aliphatic rings. The summed E-state index contributed by atoms with van der Waals surface area (Å²) in [6, 6.07) is 0.351. The van der Waals surface area contributed by atoms with Crippen LogP contribution in [-0.4, -0.2) is 67.3 Å². The Hall–Kier alpha value is -0.940. The second kappa shape index (κ2) is 7.60. The Kier molecular flexibility index (Phi) is 6.45. The van der Waals surface area contributed by atoms with Gasteiger partial charge in [0, 0.05) is 38.8 Å². The molecule has 1 aliphatic heterocycles. The molecular formula is C14H27N3O2. The van der Waals surface area contributed by atoms with E-state index in [-0.39, 0.29) is 18.1 Å². The Bertz CT molecular complexity index is 310. The van der Waals surface area contributed by atoms with Crippen LogP contribution in [0.25, 0.3) is 0 Å². The van der Waals surface area contributed by atoms with Gasteiger partial charge in [-0.15, -0.1) is 0 Å². The van der Waals surface area contributed by atoms with Gasteiger partial charge in [0.05, 0.1) is 6.42 Å². The van der Waals surface area contributed by atoms with Gasteiger partial charge in [-0.25, -0.2) is 0 Å². The minimum absolute atomic E-state index is 0.00640. The molecule has 19 heavy (non-hydrogen) atoms. The summed E-state index contributed by atoms with van der Waals surface area (Å²) in [6.07, 6.45) is -0.00640. The summed E-state index contributed by atoms with van der Waals surface area (Å²) in [4.78, 5) is 27.2. The number of carbonyl (C=O) groups excluding carboxylic acids is 2. The Morgan fingerprint density at radius 3 is 2.21 bits per heavy atom. The van der Waals surface area contributed by atoms with E-state index >= 15 is 0 Å². The monoisotopic (exact) mass is 269 g/mol. The van der Waals surface area contributed by atoms with E-state index in [1.807, 2.05) is 0 Å². The molecule has 1 heterocycles. The fraction of sp³-hybridized carbons (Fsp3) is 0.857. The first-order chi connectivity index (χ1) is 8.90. The van der Waals surface area contributed by atoms with Crippen LogP contribution in [0.15, 0.2) is 0 Å². The van der Waals surface area contributed by atoms with Crippen molar-refractivity contribution < 1.29 is 9.59 Å². The van der Waals surface area contributed by atoms with Crippen LogP contribution in [0.1, 0.15) is 27.2 Å². The maximum Gasteiger partial charge on any atom is 0.227 e. The van der Waals surface area contributed by atoms with Crippen molar-refractivity contribution in [2.75, 3.05) is 39.8 Å². The molecule has 0 aromatic heterocycles. The lowest BCUT2D eigenvalue weighted by atomic mass is 10.0. The predicted molar refractivity (Wildman–Crippen MR) is 76.0 cm³/mol. The lowest BCUT2D eigenvalue weighted by Gasteiger charge is -2.39. The largest absolute Gasteiger partial charge is 0.354 e. The summed E-state index contributed by atoms with van der Waals surface area (Å²) < 4.78 is 0. The Morgan fingerprint density at radius 2 is 1.74 bits per heavy atom. The second-order valence-electron chi connectivity index (χ2n) is 5.83. The highest BCUT2D eigenvalue weighted by atomic mass is 16.2. The van der Waals surface area contributed by atoms with Gasteiger partial charge >= 0.3 is 0 Å². The van der Waals surface area contributed by atoms with Crippen LogP contribution in [-0.2, 0) is 9.59 Å². The standard InChI is InChI=1S/C14H27N3O2/c1-11(2)13(10-15-14(19)9-12(3)18)17-7-5-16(4)6-8-17/h11,13H,5-10H2,1-4H3,(H,15,19). The van der Waals surface area contributed by atoms with Gasteiger partial charge in [-0.2, -0.15) is 0 Å². The van der Waals surface area contributed by atoms with Gasteiger partial charge < -0.3 is 10.2 Å². The fourth-order valence-corrected chi connectivity index (χ4v) is 2.45. The summed E-state index contributed by atoms with van der Waals surface area (Å²) in [7, 11) is 2.14. The minimum atomic E-state index is -0.160. The van der Waals surface area contributed by atoms with Gasteiger partial charge in [0.15, 0.2) is 0 Å². The lowest BCUT2D eigenvalue weighted by Crippen LogP contribution is -2.54. The van der Waals surface area contributed by atoms with Crippen molar-refractivity contribution in [1.29, 1.82) is 0 Å². The lowest BCUT2D eigenvalue weighted by molar-refractivity contribution is -0.127. The van der Waals surface area contributed by atoms with Crippen molar-refractivity contribution in [3.05, 3.63) is 0 Å². The van der Waals surface area contributed by atoms with Crippen LogP contribution in [0.5, 0.6) is 0 Å². The second-order valence-corrected chi connectivity index (χ2v) is 5.83. The van der Waals surface area contributed by atoms with Gasteiger partial charge in [0.1, 0.15) is 5.78 Å². The molecule has 0 aliphatic carbocycles. The van der Waals surface area contributed by atoms with Crippen molar-refractivity contribution in [2.24, 2.45) is 5.92 Å². The van der Waals surface area contributed by atoms with Gasteiger partial charge in [0.25, 0.3) is 0 Å². The molecule has 1 saturated heterocycles. The molecular weight excluding hydrogens is 242 g/mol. The van der Waals surface area contributed by atoms with Crippen LogP contribution in [0.4, 0.5) is 0 Å². The zero-order chi connectivity index (χ0) is 14.4. The zero-order valence-electron chi connectivity index (χ0n) is 12.6. The van der Waals surface area contributed by atoms with Crippen LogP contribution in [0.3, 0.4) is 0 Å². The first kappa shape index (κ1) is 16.1. The summed E-state index contributed by atoms with van der Waals surface area (Å²) >= 11 is 0. The normalized spacial score (nSPS) is 19.4. The molecule has 1 rings (SSSR count). The van der Waals surface area contributed by atoms with Gasteiger partial charge in [-0.1, -0.05) is 13.8 Å². The highest BCUT2D eigenvalue weighted by molar-refractivity contribution is 5.96. The Balaban J connectivity index is 2.44. The van der Waals surface area contributed by atoms with Crippen molar-refractivity contribution in [1.82, 2.24) is 15.1 Å². The molecule has 1 unspecified atom stereocenters. The summed E-state index contributed by atoms with van der Waals surface area (Å²) in [5, 5.41) is 2.89. The molecule has 1 amide bonds. The third-order valence-corrected chi connectivity index (χ3v) is 3.69. The summed E-state index contributed by atoms with van der Waals surface area (Å²) in [5.41, 5.74) is 0. The van der Waals surface area contributed by atoms with Crippen LogP contribution >= 0.6 is 0 Å². The average Bonchev–Trinajstić information content (AvgIpc) is 2.30. The number of hydrogen-bond acceptors (Lipinski definition) is 4. The van der Waals surface area contributed by atoms with Gasteiger partial charge in [-0.3, -0.25) is 14.5 Å². The summed E-state index contributed by atoms with van der Waals surface area (Å²) in [6.45, 7) is 10.7. The number of piperazine rings is 1. The van der Waals surface area contributed by atoms with E-state index in [2.05, 4.69) is 36.0 Å². The van der Waals surface area contributed by atoms with Crippen molar-refractivity contribution in [2.45, 2.75) is 33.2 Å². The maximum atomic E-state index is 11.6.